The summed E-state index contributed by atoms with van der Waals surface area (Å²) in [5, 5.41) is 4.23. The molecule has 0 radical (unpaired) electrons. The number of hydrogen-bond acceptors (Lipinski definition) is 2. The molecule has 1 aromatic carbocycles. The first-order valence-corrected chi connectivity index (χ1v) is 7.25. The van der Waals surface area contributed by atoms with Gasteiger partial charge in [0.05, 0.1) is 5.02 Å². The van der Waals surface area contributed by atoms with E-state index in [1.54, 1.807) is 7.11 Å². The number of methoxy groups -OCH3 is 1. The summed E-state index contributed by atoms with van der Waals surface area (Å²) in [5.41, 5.74) is 1.44. The van der Waals surface area contributed by atoms with Crippen molar-refractivity contribution >= 4 is 27.5 Å². The molecule has 0 aliphatic rings. The van der Waals surface area contributed by atoms with Gasteiger partial charge in [-0.05, 0) is 45.5 Å². The highest BCUT2D eigenvalue weighted by molar-refractivity contribution is 9.10. The van der Waals surface area contributed by atoms with Crippen LogP contribution in [-0.2, 0) is 11.3 Å². The average Bonchev–Trinajstić information content (AvgIpc) is 2.31. The van der Waals surface area contributed by atoms with E-state index in [1.165, 1.54) is 5.56 Å². The molecule has 0 aliphatic carbocycles. The molecule has 0 unspecified atom stereocenters. The number of halogens is 2. The summed E-state index contributed by atoms with van der Waals surface area (Å²) in [6.07, 6.45) is 1.05. The Balaban J connectivity index is 2.39. The van der Waals surface area contributed by atoms with Gasteiger partial charge in [0.25, 0.3) is 0 Å². The minimum atomic E-state index is 0.245. The van der Waals surface area contributed by atoms with Crippen LogP contribution >= 0.6 is 27.5 Å². The summed E-state index contributed by atoms with van der Waals surface area (Å²) in [6.45, 7) is 7.09. The van der Waals surface area contributed by atoms with E-state index in [2.05, 4.69) is 41.2 Å². The molecule has 0 bridgehead atoms. The van der Waals surface area contributed by atoms with Crippen LogP contribution in [0.5, 0.6) is 0 Å². The van der Waals surface area contributed by atoms with Gasteiger partial charge in [0.15, 0.2) is 0 Å². The molecule has 0 aromatic heterocycles. The molecule has 4 heteroatoms. The van der Waals surface area contributed by atoms with Gasteiger partial charge >= 0.3 is 0 Å². The van der Waals surface area contributed by atoms with E-state index >= 15 is 0 Å². The zero-order chi connectivity index (χ0) is 13.6. The van der Waals surface area contributed by atoms with Crippen molar-refractivity contribution in [1.29, 1.82) is 0 Å². The van der Waals surface area contributed by atoms with Crippen molar-refractivity contribution in [3.63, 3.8) is 0 Å². The second-order valence-corrected chi connectivity index (χ2v) is 6.52. The predicted molar refractivity (Wildman–Crippen MR) is 81.1 cm³/mol. The maximum atomic E-state index is 6.06. The summed E-state index contributed by atoms with van der Waals surface area (Å²) in [4.78, 5) is 0. The Labute approximate surface area is 123 Å². The molecule has 2 nitrogen and oxygen atoms in total. The fourth-order valence-electron chi connectivity index (χ4n) is 1.66. The van der Waals surface area contributed by atoms with Crippen LogP contribution in [-0.4, -0.2) is 20.3 Å². The van der Waals surface area contributed by atoms with Gasteiger partial charge in [-0.15, -0.1) is 0 Å². The van der Waals surface area contributed by atoms with E-state index in [0.717, 1.165) is 35.6 Å². The smallest absolute Gasteiger partial charge is 0.0551 e. The van der Waals surface area contributed by atoms with Gasteiger partial charge in [-0.3, -0.25) is 0 Å². The summed E-state index contributed by atoms with van der Waals surface area (Å²) >= 11 is 9.45. The molecular weight excluding hydrogens is 314 g/mol. The Hall–Kier alpha value is -0.0900. The highest BCUT2D eigenvalue weighted by Gasteiger charge is 2.16. The largest absolute Gasteiger partial charge is 0.385 e. The summed E-state index contributed by atoms with van der Waals surface area (Å²) in [6, 6.07) is 6.04. The molecule has 102 valence electrons. The first kappa shape index (κ1) is 16.0. The van der Waals surface area contributed by atoms with Crippen LogP contribution in [0.1, 0.15) is 25.8 Å². The van der Waals surface area contributed by atoms with Crippen LogP contribution in [0.15, 0.2) is 22.7 Å². The summed E-state index contributed by atoms with van der Waals surface area (Å²) in [7, 11) is 1.74. The molecule has 0 aliphatic heterocycles. The lowest BCUT2D eigenvalue weighted by atomic mass is 9.89. The van der Waals surface area contributed by atoms with E-state index in [4.69, 9.17) is 16.3 Å². The third kappa shape index (κ3) is 5.70. The molecule has 0 fully saturated rings. The van der Waals surface area contributed by atoms with Crippen molar-refractivity contribution in [2.45, 2.75) is 26.8 Å². The lowest BCUT2D eigenvalue weighted by Gasteiger charge is -2.24. The van der Waals surface area contributed by atoms with E-state index in [1.807, 2.05) is 12.1 Å². The third-order valence-electron chi connectivity index (χ3n) is 2.90. The predicted octanol–water partition coefficient (Wildman–Crippen LogP) is 4.25. The molecule has 0 saturated heterocycles. The van der Waals surface area contributed by atoms with Gasteiger partial charge in [0, 0.05) is 31.3 Å². The van der Waals surface area contributed by atoms with Crippen LogP contribution in [0, 0.1) is 5.41 Å². The first-order valence-electron chi connectivity index (χ1n) is 6.08. The van der Waals surface area contributed by atoms with Crippen molar-refractivity contribution in [3.8, 4) is 0 Å². The molecule has 0 spiro atoms. The number of hydrogen-bond donors (Lipinski definition) is 1. The lowest BCUT2D eigenvalue weighted by molar-refractivity contribution is 0.150. The summed E-state index contributed by atoms with van der Waals surface area (Å²) in [5.74, 6) is 0. The molecule has 1 aromatic rings. The van der Waals surface area contributed by atoms with Crippen LogP contribution in [0.3, 0.4) is 0 Å². The van der Waals surface area contributed by atoms with Gasteiger partial charge in [-0.1, -0.05) is 31.5 Å². The molecular formula is C14H21BrClNO. The summed E-state index contributed by atoms with van der Waals surface area (Å²) < 4.78 is 6.06. The molecule has 1 rings (SSSR count). The number of benzene rings is 1. The fraction of sp³-hybridized carbons (Fsp3) is 0.571. The lowest BCUT2D eigenvalue weighted by Crippen LogP contribution is -2.30. The Morgan fingerprint density at radius 3 is 2.72 bits per heavy atom. The molecule has 1 N–H and O–H groups in total. The van der Waals surface area contributed by atoms with Crippen LogP contribution in [0.25, 0.3) is 0 Å². The van der Waals surface area contributed by atoms with Gasteiger partial charge in [-0.25, -0.2) is 0 Å². The molecule has 0 heterocycles. The first-order chi connectivity index (χ1) is 8.44. The van der Waals surface area contributed by atoms with E-state index in [-0.39, 0.29) is 5.41 Å². The number of rotatable bonds is 7. The standard InChI is InChI=1S/C14H21BrClNO/c1-14(2,6-7-18-3)10-17-9-11-4-5-12(15)13(16)8-11/h4-5,8,17H,6-7,9-10H2,1-3H3. The number of ether oxygens (including phenoxy) is 1. The maximum absolute atomic E-state index is 6.06. The molecule has 0 amide bonds. The van der Waals surface area contributed by atoms with Crippen molar-refractivity contribution in [2.75, 3.05) is 20.3 Å². The fourth-order valence-corrected chi connectivity index (χ4v) is 2.11. The second kappa shape index (κ2) is 7.49. The monoisotopic (exact) mass is 333 g/mol. The Bertz CT molecular complexity index is 382. The van der Waals surface area contributed by atoms with Gasteiger partial charge in [0.1, 0.15) is 0 Å². The highest BCUT2D eigenvalue weighted by atomic mass is 79.9. The number of nitrogens with one attached hydrogen (secondary N) is 1. The van der Waals surface area contributed by atoms with Crippen molar-refractivity contribution in [1.82, 2.24) is 5.32 Å². The van der Waals surface area contributed by atoms with Crippen LogP contribution < -0.4 is 5.32 Å². The topological polar surface area (TPSA) is 21.3 Å². The van der Waals surface area contributed by atoms with Gasteiger partial charge in [0.2, 0.25) is 0 Å². The molecule has 18 heavy (non-hydrogen) atoms. The Morgan fingerprint density at radius 1 is 1.39 bits per heavy atom. The average molecular weight is 335 g/mol. The molecule has 0 saturated carbocycles. The minimum absolute atomic E-state index is 0.245. The van der Waals surface area contributed by atoms with Gasteiger partial charge in [-0.2, -0.15) is 0 Å². The Kier molecular flexibility index (Phi) is 6.64. The van der Waals surface area contributed by atoms with Gasteiger partial charge < -0.3 is 10.1 Å². The highest BCUT2D eigenvalue weighted by Crippen LogP contribution is 2.23. The van der Waals surface area contributed by atoms with Crippen molar-refractivity contribution in [3.05, 3.63) is 33.3 Å². The molecule has 0 atom stereocenters. The third-order valence-corrected chi connectivity index (χ3v) is 4.13. The van der Waals surface area contributed by atoms with E-state index < -0.39 is 0 Å². The van der Waals surface area contributed by atoms with Crippen LogP contribution in [0.4, 0.5) is 0 Å². The van der Waals surface area contributed by atoms with E-state index in [0.29, 0.717) is 0 Å². The quantitative estimate of drug-likeness (QED) is 0.804. The Morgan fingerprint density at radius 2 is 2.11 bits per heavy atom. The maximum Gasteiger partial charge on any atom is 0.0551 e. The zero-order valence-corrected chi connectivity index (χ0v) is 13.6. The second-order valence-electron chi connectivity index (χ2n) is 5.26. The minimum Gasteiger partial charge on any atom is -0.385 e. The van der Waals surface area contributed by atoms with Crippen molar-refractivity contribution < 1.29 is 4.74 Å². The van der Waals surface area contributed by atoms with E-state index in [9.17, 15) is 0 Å². The van der Waals surface area contributed by atoms with Crippen LogP contribution in [0.2, 0.25) is 5.02 Å². The SMILES string of the molecule is COCCC(C)(C)CNCc1ccc(Br)c(Cl)c1. The normalized spacial score (nSPS) is 11.8. The zero-order valence-electron chi connectivity index (χ0n) is 11.2. The van der Waals surface area contributed by atoms with Crippen molar-refractivity contribution in [2.24, 2.45) is 5.41 Å².